The van der Waals surface area contributed by atoms with Crippen LogP contribution in [0.1, 0.15) is 18.4 Å². The van der Waals surface area contributed by atoms with Gasteiger partial charge in [0.1, 0.15) is 0 Å². The molecule has 0 radical (unpaired) electrons. The number of aliphatic imine (C=N–C) groups is 1. The van der Waals surface area contributed by atoms with Crippen molar-refractivity contribution >= 4 is 27.4 Å². The van der Waals surface area contributed by atoms with E-state index in [2.05, 4.69) is 40.0 Å². The Labute approximate surface area is 104 Å². The lowest BCUT2D eigenvalue weighted by Crippen LogP contribution is -2.33. The second-order valence-corrected chi connectivity index (χ2v) is 5.29. The van der Waals surface area contributed by atoms with Crippen molar-refractivity contribution in [2.75, 3.05) is 0 Å². The third-order valence-corrected chi connectivity index (χ3v) is 3.92. The molecule has 3 rings (SSSR count). The van der Waals surface area contributed by atoms with Crippen LogP contribution in [0.25, 0.3) is 10.1 Å². The Morgan fingerprint density at radius 1 is 1.41 bits per heavy atom. The lowest BCUT2D eigenvalue weighted by molar-refractivity contribution is 0.880. The number of guanidine groups is 1. The molecule has 0 spiro atoms. The van der Waals surface area contributed by atoms with Crippen molar-refractivity contribution in [1.82, 2.24) is 5.32 Å². The van der Waals surface area contributed by atoms with Crippen molar-refractivity contribution in [3.8, 4) is 0 Å². The zero-order valence-electron chi connectivity index (χ0n) is 9.52. The van der Waals surface area contributed by atoms with Gasteiger partial charge < -0.3 is 11.1 Å². The van der Waals surface area contributed by atoms with Gasteiger partial charge in [0.15, 0.2) is 5.96 Å². The highest BCUT2D eigenvalue weighted by Gasteiger charge is 2.21. The first-order valence-electron chi connectivity index (χ1n) is 5.84. The fourth-order valence-corrected chi connectivity index (χ4v) is 2.76. The molecular formula is C13H15N3S. The van der Waals surface area contributed by atoms with Gasteiger partial charge in [0.2, 0.25) is 0 Å². The highest BCUT2D eigenvalue weighted by molar-refractivity contribution is 7.17. The Bertz CT molecular complexity index is 555. The lowest BCUT2D eigenvalue weighted by atomic mass is 10.2. The molecule has 1 aromatic heterocycles. The van der Waals surface area contributed by atoms with E-state index in [1.807, 2.05) is 0 Å². The normalized spacial score (nSPS) is 16.4. The molecule has 1 aliphatic rings. The largest absolute Gasteiger partial charge is 0.370 e. The van der Waals surface area contributed by atoms with Crippen LogP contribution in [0.5, 0.6) is 0 Å². The van der Waals surface area contributed by atoms with Gasteiger partial charge >= 0.3 is 0 Å². The first-order chi connectivity index (χ1) is 8.33. The zero-order chi connectivity index (χ0) is 11.7. The standard InChI is InChI=1S/C13H15N3S/c14-13(16-10-5-6-10)15-7-9-8-17-12-4-2-1-3-11(9)12/h1-4,8,10H,5-7H2,(H3,14,15,16). The van der Waals surface area contributed by atoms with Gasteiger partial charge in [0.05, 0.1) is 6.54 Å². The number of nitrogens with zero attached hydrogens (tertiary/aromatic N) is 1. The van der Waals surface area contributed by atoms with Gasteiger partial charge in [-0.25, -0.2) is 4.99 Å². The molecule has 0 saturated heterocycles. The summed E-state index contributed by atoms with van der Waals surface area (Å²) in [5, 5.41) is 6.65. The number of fused-ring (bicyclic) bond motifs is 1. The van der Waals surface area contributed by atoms with Gasteiger partial charge in [-0.1, -0.05) is 18.2 Å². The molecule has 17 heavy (non-hydrogen) atoms. The van der Waals surface area contributed by atoms with E-state index in [0.717, 1.165) is 0 Å². The molecule has 1 aromatic carbocycles. The van der Waals surface area contributed by atoms with E-state index in [4.69, 9.17) is 5.73 Å². The van der Waals surface area contributed by atoms with E-state index in [-0.39, 0.29) is 0 Å². The van der Waals surface area contributed by atoms with Gasteiger partial charge in [0.25, 0.3) is 0 Å². The Morgan fingerprint density at radius 3 is 3.06 bits per heavy atom. The van der Waals surface area contributed by atoms with Crippen LogP contribution in [0.2, 0.25) is 0 Å². The van der Waals surface area contributed by atoms with E-state index >= 15 is 0 Å². The summed E-state index contributed by atoms with van der Waals surface area (Å²) in [7, 11) is 0. The highest BCUT2D eigenvalue weighted by atomic mass is 32.1. The van der Waals surface area contributed by atoms with Crippen molar-refractivity contribution in [3.63, 3.8) is 0 Å². The number of thiophene rings is 1. The fraction of sp³-hybridized carbons (Fsp3) is 0.308. The van der Waals surface area contributed by atoms with Crippen LogP contribution < -0.4 is 11.1 Å². The third kappa shape index (κ3) is 2.42. The zero-order valence-corrected chi connectivity index (χ0v) is 10.3. The van der Waals surface area contributed by atoms with Gasteiger partial charge in [0, 0.05) is 10.7 Å². The average Bonchev–Trinajstić information content (AvgIpc) is 3.06. The van der Waals surface area contributed by atoms with Crippen LogP contribution in [-0.4, -0.2) is 12.0 Å². The molecule has 1 fully saturated rings. The summed E-state index contributed by atoms with van der Waals surface area (Å²) in [5.41, 5.74) is 7.07. The first kappa shape index (κ1) is 10.6. The van der Waals surface area contributed by atoms with Crippen LogP contribution in [-0.2, 0) is 6.54 Å². The second-order valence-electron chi connectivity index (χ2n) is 4.38. The van der Waals surface area contributed by atoms with E-state index in [0.29, 0.717) is 18.5 Å². The summed E-state index contributed by atoms with van der Waals surface area (Å²) >= 11 is 1.76. The monoisotopic (exact) mass is 245 g/mol. The van der Waals surface area contributed by atoms with Gasteiger partial charge in [-0.05, 0) is 35.2 Å². The summed E-state index contributed by atoms with van der Waals surface area (Å²) in [6.07, 6.45) is 2.44. The molecule has 4 heteroatoms. The molecule has 1 heterocycles. The van der Waals surface area contributed by atoms with Gasteiger partial charge in [-0.3, -0.25) is 0 Å². The highest BCUT2D eigenvalue weighted by Crippen LogP contribution is 2.26. The smallest absolute Gasteiger partial charge is 0.189 e. The van der Waals surface area contributed by atoms with E-state index in [1.165, 1.54) is 28.5 Å². The second kappa shape index (κ2) is 4.37. The topological polar surface area (TPSA) is 50.4 Å². The molecule has 0 atom stereocenters. The van der Waals surface area contributed by atoms with Crippen molar-refractivity contribution in [3.05, 3.63) is 35.2 Å². The maximum atomic E-state index is 5.82. The molecular weight excluding hydrogens is 230 g/mol. The minimum atomic E-state index is 0.568. The summed E-state index contributed by atoms with van der Waals surface area (Å²) < 4.78 is 1.31. The van der Waals surface area contributed by atoms with Crippen molar-refractivity contribution in [1.29, 1.82) is 0 Å². The number of nitrogens with two attached hydrogens (primary N) is 1. The van der Waals surface area contributed by atoms with Crippen LogP contribution in [0, 0.1) is 0 Å². The molecule has 1 saturated carbocycles. The van der Waals surface area contributed by atoms with Crippen molar-refractivity contribution in [2.24, 2.45) is 10.7 Å². The number of hydrogen-bond donors (Lipinski definition) is 2. The molecule has 0 amide bonds. The van der Waals surface area contributed by atoms with Gasteiger partial charge in [-0.15, -0.1) is 11.3 Å². The number of rotatable bonds is 3. The Kier molecular flexibility index (Phi) is 2.73. The van der Waals surface area contributed by atoms with Gasteiger partial charge in [-0.2, -0.15) is 0 Å². The summed E-state index contributed by atoms with van der Waals surface area (Å²) in [6, 6.07) is 8.97. The SMILES string of the molecule is NC(=NCc1csc2ccccc12)NC1CC1. The molecule has 1 aliphatic carbocycles. The van der Waals surface area contributed by atoms with E-state index < -0.39 is 0 Å². The Balaban J connectivity index is 1.75. The predicted octanol–water partition coefficient (Wildman–Crippen LogP) is 2.47. The van der Waals surface area contributed by atoms with Crippen molar-refractivity contribution < 1.29 is 0 Å². The van der Waals surface area contributed by atoms with Crippen molar-refractivity contribution in [2.45, 2.75) is 25.4 Å². The molecule has 88 valence electrons. The molecule has 3 N–H and O–H groups in total. The van der Waals surface area contributed by atoms with E-state index in [9.17, 15) is 0 Å². The summed E-state index contributed by atoms with van der Waals surface area (Å²) in [4.78, 5) is 4.39. The Hall–Kier alpha value is -1.55. The lowest BCUT2D eigenvalue weighted by Gasteiger charge is -2.02. The molecule has 0 bridgehead atoms. The first-order valence-corrected chi connectivity index (χ1v) is 6.72. The number of hydrogen-bond acceptors (Lipinski definition) is 2. The minimum absolute atomic E-state index is 0.568. The number of benzene rings is 1. The minimum Gasteiger partial charge on any atom is -0.370 e. The van der Waals surface area contributed by atoms with Crippen LogP contribution in [0.4, 0.5) is 0 Å². The molecule has 0 aliphatic heterocycles. The van der Waals surface area contributed by atoms with E-state index in [1.54, 1.807) is 11.3 Å². The maximum absolute atomic E-state index is 5.82. The average molecular weight is 245 g/mol. The molecule has 3 nitrogen and oxygen atoms in total. The Morgan fingerprint density at radius 2 is 2.24 bits per heavy atom. The maximum Gasteiger partial charge on any atom is 0.189 e. The number of nitrogens with one attached hydrogen (secondary N) is 1. The molecule has 0 unspecified atom stereocenters. The van der Waals surface area contributed by atoms with Crippen LogP contribution in [0.15, 0.2) is 34.6 Å². The van der Waals surface area contributed by atoms with Crippen LogP contribution >= 0.6 is 11.3 Å². The third-order valence-electron chi connectivity index (χ3n) is 2.91. The quantitative estimate of drug-likeness (QED) is 0.644. The summed E-state index contributed by atoms with van der Waals surface area (Å²) in [5.74, 6) is 0.572. The molecule has 2 aromatic rings. The van der Waals surface area contributed by atoms with Crippen LogP contribution in [0.3, 0.4) is 0 Å². The fourth-order valence-electron chi connectivity index (χ4n) is 1.81. The predicted molar refractivity (Wildman–Crippen MR) is 73.3 cm³/mol. The summed E-state index contributed by atoms with van der Waals surface area (Å²) in [6.45, 7) is 0.662.